The van der Waals surface area contributed by atoms with Crippen molar-refractivity contribution in [3.8, 4) is 5.75 Å². The zero-order valence-corrected chi connectivity index (χ0v) is 13.8. The van der Waals surface area contributed by atoms with E-state index < -0.39 is 17.3 Å². The molecule has 1 aromatic carbocycles. The van der Waals surface area contributed by atoms with Crippen LogP contribution in [0.3, 0.4) is 0 Å². The summed E-state index contributed by atoms with van der Waals surface area (Å²) in [6.45, 7) is -0.0396. The first-order chi connectivity index (χ1) is 10.8. The van der Waals surface area contributed by atoms with E-state index in [0.29, 0.717) is 23.1 Å². The van der Waals surface area contributed by atoms with Crippen molar-refractivity contribution in [1.29, 1.82) is 0 Å². The van der Waals surface area contributed by atoms with E-state index in [0.717, 1.165) is 10.7 Å². The molecule has 0 atom stereocenters. The summed E-state index contributed by atoms with van der Waals surface area (Å²) in [6.07, 6.45) is -4.41. The molecule has 0 saturated heterocycles. The van der Waals surface area contributed by atoms with Crippen LogP contribution in [-0.4, -0.2) is 22.2 Å². The molecule has 0 radical (unpaired) electrons. The molecule has 0 saturated carbocycles. The maximum absolute atomic E-state index is 13.0. The van der Waals surface area contributed by atoms with Gasteiger partial charge in [-0.2, -0.15) is 18.3 Å². The molecule has 0 fully saturated rings. The van der Waals surface area contributed by atoms with Gasteiger partial charge in [-0.25, -0.2) is 4.68 Å². The Balaban J connectivity index is 2.43. The second kappa shape index (κ2) is 7.16. The van der Waals surface area contributed by atoms with E-state index >= 15 is 0 Å². The molecule has 0 aliphatic carbocycles. The zero-order valence-electron chi connectivity index (χ0n) is 12.2. The summed E-state index contributed by atoms with van der Waals surface area (Å²) in [6, 6.07) is 7.52. The van der Waals surface area contributed by atoms with Gasteiger partial charge < -0.3 is 4.74 Å². The van der Waals surface area contributed by atoms with Gasteiger partial charge in [-0.3, -0.25) is 4.79 Å². The number of hydrogen-bond acceptors (Lipinski definition) is 3. The minimum absolute atomic E-state index is 0.0396. The molecule has 0 spiro atoms. The minimum atomic E-state index is -4.71. The molecular weight excluding hydrogens is 377 g/mol. The van der Waals surface area contributed by atoms with Gasteiger partial charge in [-0.15, -0.1) is 0 Å². The molecule has 0 bridgehead atoms. The summed E-state index contributed by atoms with van der Waals surface area (Å²) < 4.78 is 44.9. The van der Waals surface area contributed by atoms with Crippen LogP contribution in [0.25, 0.3) is 0 Å². The van der Waals surface area contributed by atoms with Crippen LogP contribution in [0.1, 0.15) is 16.8 Å². The van der Waals surface area contributed by atoms with E-state index in [2.05, 4.69) is 21.0 Å². The fourth-order valence-corrected chi connectivity index (χ4v) is 2.44. The van der Waals surface area contributed by atoms with Crippen LogP contribution < -0.4 is 10.3 Å². The maximum Gasteiger partial charge on any atom is 0.421 e. The third kappa shape index (κ3) is 4.34. The highest BCUT2D eigenvalue weighted by Crippen LogP contribution is 2.26. The van der Waals surface area contributed by atoms with Gasteiger partial charge in [0.1, 0.15) is 11.3 Å². The van der Waals surface area contributed by atoms with Gasteiger partial charge in [0, 0.05) is 11.8 Å². The van der Waals surface area contributed by atoms with Crippen molar-refractivity contribution >= 4 is 15.9 Å². The van der Waals surface area contributed by atoms with Crippen LogP contribution in [0, 0.1) is 0 Å². The second-order valence-electron chi connectivity index (χ2n) is 4.80. The lowest BCUT2D eigenvalue weighted by atomic mass is 10.2. The number of nitrogens with zero attached hydrogens (tertiary/aromatic N) is 2. The van der Waals surface area contributed by atoms with E-state index in [9.17, 15) is 18.0 Å². The maximum atomic E-state index is 13.0. The van der Waals surface area contributed by atoms with Gasteiger partial charge in [0.15, 0.2) is 0 Å². The highest BCUT2D eigenvalue weighted by Gasteiger charge is 2.35. The number of methoxy groups -OCH3 is 1. The Hall–Kier alpha value is -1.83. The zero-order chi connectivity index (χ0) is 17.0. The van der Waals surface area contributed by atoms with Crippen molar-refractivity contribution in [3.05, 3.63) is 57.5 Å². The number of halogens is 4. The summed E-state index contributed by atoms with van der Waals surface area (Å²) in [7, 11) is 1.51. The number of rotatable bonds is 5. The summed E-state index contributed by atoms with van der Waals surface area (Å²) >= 11 is 3.16. The van der Waals surface area contributed by atoms with Crippen LogP contribution >= 0.6 is 15.9 Å². The highest BCUT2D eigenvalue weighted by molar-refractivity contribution is 9.09. The molecule has 1 heterocycles. The van der Waals surface area contributed by atoms with Gasteiger partial charge in [0.05, 0.1) is 19.3 Å². The van der Waals surface area contributed by atoms with Gasteiger partial charge >= 0.3 is 6.18 Å². The lowest BCUT2D eigenvalue weighted by Gasteiger charge is -2.12. The van der Waals surface area contributed by atoms with Gasteiger partial charge in [-0.1, -0.05) is 28.1 Å². The van der Waals surface area contributed by atoms with Crippen LogP contribution in [-0.2, 0) is 19.1 Å². The first-order valence-corrected chi connectivity index (χ1v) is 7.84. The molecule has 0 unspecified atom stereocenters. The standard InChI is InChI=1S/C15H14BrF3N2O2/c1-23-12-4-2-10(3-5-12)9-21-14(22)13(15(17,18)19)8-11(20-21)6-7-16/h2-5,8H,6-7,9H2,1H3. The molecule has 2 rings (SSSR count). The Labute approximate surface area is 139 Å². The van der Waals surface area contributed by atoms with E-state index in [1.807, 2.05) is 0 Å². The van der Waals surface area contributed by atoms with Gasteiger partial charge in [0.2, 0.25) is 0 Å². The quantitative estimate of drug-likeness (QED) is 0.736. The average Bonchev–Trinajstić information content (AvgIpc) is 2.50. The monoisotopic (exact) mass is 390 g/mol. The molecule has 124 valence electrons. The third-order valence-corrected chi connectivity index (χ3v) is 3.57. The lowest BCUT2D eigenvalue weighted by molar-refractivity contribution is -0.139. The van der Waals surface area contributed by atoms with Crippen molar-refractivity contribution in [3.63, 3.8) is 0 Å². The molecular formula is C15H14BrF3N2O2. The van der Waals surface area contributed by atoms with E-state index in [1.165, 1.54) is 7.11 Å². The average molecular weight is 391 g/mol. The predicted octanol–water partition coefficient (Wildman–Crippen LogP) is 3.26. The molecule has 4 nitrogen and oxygen atoms in total. The Kier molecular flexibility index (Phi) is 5.46. The highest BCUT2D eigenvalue weighted by atomic mass is 79.9. The number of ether oxygens (including phenoxy) is 1. The molecule has 0 aliphatic rings. The topological polar surface area (TPSA) is 44.1 Å². The molecule has 1 aromatic heterocycles. The number of benzene rings is 1. The molecule has 23 heavy (non-hydrogen) atoms. The molecule has 0 aliphatic heterocycles. The largest absolute Gasteiger partial charge is 0.497 e. The van der Waals surface area contributed by atoms with Crippen LogP contribution in [0.4, 0.5) is 13.2 Å². The SMILES string of the molecule is COc1ccc(Cn2nc(CCBr)cc(C(F)(F)F)c2=O)cc1. The Morgan fingerprint density at radius 1 is 1.26 bits per heavy atom. The third-order valence-electron chi connectivity index (χ3n) is 3.17. The normalized spacial score (nSPS) is 11.5. The fraction of sp³-hybridized carbons (Fsp3) is 0.333. The summed E-state index contributed by atoms with van der Waals surface area (Å²) in [4.78, 5) is 12.0. The Morgan fingerprint density at radius 3 is 2.43 bits per heavy atom. The first-order valence-electron chi connectivity index (χ1n) is 6.72. The number of aromatic nitrogens is 2. The summed E-state index contributed by atoms with van der Waals surface area (Å²) in [5.41, 5.74) is -1.48. The van der Waals surface area contributed by atoms with E-state index in [4.69, 9.17) is 4.74 Å². The minimum Gasteiger partial charge on any atom is -0.497 e. The second-order valence-corrected chi connectivity index (χ2v) is 5.59. The van der Waals surface area contributed by atoms with Gasteiger partial charge in [0.25, 0.3) is 5.56 Å². The fourth-order valence-electron chi connectivity index (χ4n) is 2.03. The molecule has 0 N–H and O–H groups in total. The molecule has 0 amide bonds. The molecule has 8 heteroatoms. The van der Waals surface area contributed by atoms with Crippen LogP contribution in [0.15, 0.2) is 35.1 Å². The number of aryl methyl sites for hydroxylation is 1. The Morgan fingerprint density at radius 2 is 1.91 bits per heavy atom. The summed E-state index contributed by atoms with van der Waals surface area (Å²) in [5, 5.41) is 4.47. The Bertz CT molecular complexity index is 727. The van der Waals surface area contributed by atoms with Crippen LogP contribution in [0.5, 0.6) is 5.75 Å². The molecule has 2 aromatic rings. The van der Waals surface area contributed by atoms with E-state index in [1.54, 1.807) is 24.3 Å². The number of hydrogen-bond donors (Lipinski definition) is 0. The van der Waals surface area contributed by atoms with Crippen molar-refractivity contribution in [2.45, 2.75) is 19.1 Å². The lowest BCUT2D eigenvalue weighted by Crippen LogP contribution is -2.32. The predicted molar refractivity (Wildman–Crippen MR) is 83.1 cm³/mol. The smallest absolute Gasteiger partial charge is 0.421 e. The van der Waals surface area contributed by atoms with E-state index in [-0.39, 0.29) is 12.2 Å². The van der Waals surface area contributed by atoms with Crippen molar-refractivity contribution < 1.29 is 17.9 Å². The first kappa shape index (κ1) is 17.5. The number of alkyl halides is 4. The van der Waals surface area contributed by atoms with Crippen molar-refractivity contribution in [1.82, 2.24) is 9.78 Å². The van der Waals surface area contributed by atoms with Crippen molar-refractivity contribution in [2.24, 2.45) is 0 Å². The summed E-state index contributed by atoms with van der Waals surface area (Å²) in [5.74, 6) is 0.623. The van der Waals surface area contributed by atoms with Crippen molar-refractivity contribution in [2.75, 3.05) is 12.4 Å². The van der Waals surface area contributed by atoms with Crippen LogP contribution in [0.2, 0.25) is 0 Å². The van der Waals surface area contributed by atoms with Gasteiger partial charge in [-0.05, 0) is 23.8 Å².